The van der Waals surface area contributed by atoms with Gasteiger partial charge >= 0.3 is 38.4 Å². The third-order valence-electron chi connectivity index (χ3n) is 10.1. The molecular formula is C56H120O16SSi3. The number of carboxylic acids is 1. The molecular weight excluding hydrogens is 1040 g/mol. The van der Waals surface area contributed by atoms with Gasteiger partial charge in [-0.05, 0) is 97.3 Å². The van der Waals surface area contributed by atoms with Crippen LogP contribution < -0.4 is 0 Å². The van der Waals surface area contributed by atoms with Crippen molar-refractivity contribution in [1.29, 1.82) is 0 Å². The standard InChI is InChI=1S/C19H46O2Si3.C14H26O4.C9H14O8.C8H18OS.C4H10.C2H6O/c1-9-10-11-12-13-14-15-16-17-18-19-24(8,20-22(2,3)4)21-23(5,6)7;1-3-5-11-17-13(15)9-7-8-10-14(16)18-12-6-4-2;1-5(11)17-9(15)7(2-8(13)14)16-4-6(12)3-10;1-3-5-7-10(9)8-6-4-2;1-3-4-2;1-2-3/h9-19H2,1-8H3;3-12H2,1-2H3;6-7,10,12H,2-4H2,1H3,(H,13,14);3-8H2,1-2H3;3-4H2,1-2H3;3H,2H2,1H3. The highest BCUT2D eigenvalue weighted by molar-refractivity contribution is 7.84. The van der Waals surface area contributed by atoms with Crippen molar-refractivity contribution in [3.05, 3.63) is 0 Å². The van der Waals surface area contributed by atoms with Crippen LogP contribution in [0.2, 0.25) is 51.9 Å². The van der Waals surface area contributed by atoms with Gasteiger partial charge in [-0.2, -0.15) is 0 Å². The predicted octanol–water partition coefficient (Wildman–Crippen LogP) is 13.3. The first kappa shape index (κ1) is 85.4. The molecule has 0 spiro atoms. The Morgan fingerprint density at radius 3 is 1.21 bits per heavy atom. The smallest absolute Gasteiger partial charge is 0.343 e. The van der Waals surface area contributed by atoms with Crippen molar-refractivity contribution in [3.8, 4) is 0 Å². The molecule has 16 nitrogen and oxygen atoms in total. The maximum atomic E-state index is 11.2. The fourth-order valence-electron chi connectivity index (χ4n) is 6.26. The number of carbonyl (C=O) groups is 5. The minimum Gasteiger partial charge on any atom is -0.481 e. The predicted molar refractivity (Wildman–Crippen MR) is 320 cm³/mol. The summed E-state index contributed by atoms with van der Waals surface area (Å²) in [5, 5.41) is 33.5. The minimum atomic E-state index is -1.99. The van der Waals surface area contributed by atoms with E-state index in [-0.39, 0.29) is 18.5 Å². The Bertz CT molecular complexity index is 1300. The second-order valence-corrected chi connectivity index (χ2v) is 35.4. The highest BCUT2D eigenvalue weighted by Crippen LogP contribution is 2.27. The average Bonchev–Trinajstić information content (AvgIpc) is 3.32. The van der Waals surface area contributed by atoms with Crippen molar-refractivity contribution < 1.29 is 75.8 Å². The lowest BCUT2D eigenvalue weighted by Gasteiger charge is -2.38. The van der Waals surface area contributed by atoms with Crippen LogP contribution in [0.4, 0.5) is 0 Å². The number of carbonyl (C=O) groups excluding carboxylic acids is 4. The van der Waals surface area contributed by atoms with Gasteiger partial charge in [-0.15, -0.1) is 0 Å². The summed E-state index contributed by atoms with van der Waals surface area (Å²) in [6.07, 6.45) is 23.7. The van der Waals surface area contributed by atoms with Gasteiger partial charge < -0.3 is 47.6 Å². The van der Waals surface area contributed by atoms with Crippen LogP contribution in [0.15, 0.2) is 0 Å². The van der Waals surface area contributed by atoms with Crippen LogP contribution in [0.3, 0.4) is 0 Å². The van der Waals surface area contributed by atoms with Gasteiger partial charge in [0.05, 0.1) is 32.8 Å². The number of esters is 4. The van der Waals surface area contributed by atoms with Crippen molar-refractivity contribution in [1.82, 2.24) is 0 Å². The number of unbranched alkanes of at least 4 members (excludes halogenated alkanes) is 15. The largest absolute Gasteiger partial charge is 0.481 e. The molecule has 2 atom stereocenters. The van der Waals surface area contributed by atoms with E-state index in [4.69, 9.17) is 42.9 Å². The van der Waals surface area contributed by atoms with Crippen LogP contribution >= 0.6 is 0 Å². The Labute approximate surface area is 471 Å². The zero-order valence-electron chi connectivity index (χ0n) is 51.6. The zero-order chi connectivity index (χ0) is 59.7. The Morgan fingerprint density at radius 2 is 0.895 bits per heavy atom. The van der Waals surface area contributed by atoms with Gasteiger partial charge in [0, 0.05) is 48.7 Å². The molecule has 0 saturated heterocycles. The third-order valence-corrected chi connectivity index (χ3v) is 21.2. The van der Waals surface area contributed by atoms with Crippen LogP contribution in [-0.4, -0.2) is 136 Å². The quantitative estimate of drug-likeness (QED) is 0.0147. The molecule has 458 valence electrons. The van der Waals surface area contributed by atoms with Gasteiger partial charge in [-0.3, -0.25) is 23.4 Å². The van der Waals surface area contributed by atoms with E-state index in [0.717, 1.165) is 69.8 Å². The molecule has 0 heterocycles. The number of rotatable bonds is 40. The minimum absolute atomic E-state index is 0.164. The average molecular weight is 1170 g/mol. The van der Waals surface area contributed by atoms with Crippen molar-refractivity contribution in [2.24, 2.45) is 0 Å². The van der Waals surface area contributed by atoms with Crippen LogP contribution in [0, 0.1) is 0 Å². The van der Waals surface area contributed by atoms with E-state index in [9.17, 15) is 28.2 Å². The number of carboxylic acid groups (broad SMARTS) is 1. The fourth-order valence-corrected chi connectivity index (χ4v) is 20.3. The molecule has 0 aromatic carbocycles. The van der Waals surface area contributed by atoms with E-state index in [1.54, 1.807) is 6.92 Å². The lowest BCUT2D eigenvalue weighted by molar-refractivity contribution is -0.171. The van der Waals surface area contributed by atoms with E-state index in [1.807, 2.05) is 0 Å². The van der Waals surface area contributed by atoms with Crippen LogP contribution in [0.1, 0.15) is 223 Å². The number of aliphatic carboxylic acids is 1. The van der Waals surface area contributed by atoms with E-state index in [2.05, 4.69) is 99.0 Å². The summed E-state index contributed by atoms with van der Waals surface area (Å²) in [6, 6.07) is 1.18. The summed E-state index contributed by atoms with van der Waals surface area (Å²) >= 11 is 0. The number of aliphatic hydroxyl groups is 3. The summed E-state index contributed by atoms with van der Waals surface area (Å²) in [7, 11) is -5.57. The molecule has 0 bridgehead atoms. The molecule has 0 aliphatic rings. The van der Waals surface area contributed by atoms with Gasteiger partial charge in [-0.25, -0.2) is 4.79 Å². The fraction of sp³-hybridized carbons (Fsp3) is 0.911. The first-order valence-electron chi connectivity index (χ1n) is 29.2. The Hall–Kier alpha value is -1.89. The number of aliphatic hydroxyl groups excluding tert-OH is 3. The van der Waals surface area contributed by atoms with Gasteiger partial charge in [0.2, 0.25) is 0 Å². The summed E-state index contributed by atoms with van der Waals surface area (Å²) in [6.45, 7) is 34.0. The van der Waals surface area contributed by atoms with E-state index < -0.39 is 85.7 Å². The molecule has 20 heteroatoms. The molecule has 0 aromatic rings. The molecule has 0 amide bonds. The van der Waals surface area contributed by atoms with Crippen LogP contribution in [0.25, 0.3) is 0 Å². The van der Waals surface area contributed by atoms with E-state index in [0.29, 0.717) is 38.9 Å². The topological polar surface area (TPSA) is 239 Å². The highest BCUT2D eigenvalue weighted by Gasteiger charge is 2.39. The van der Waals surface area contributed by atoms with Gasteiger partial charge in [-0.1, -0.05) is 151 Å². The van der Waals surface area contributed by atoms with Crippen LogP contribution in [-0.2, 0) is 62.0 Å². The van der Waals surface area contributed by atoms with Crippen molar-refractivity contribution in [2.45, 2.75) is 287 Å². The maximum absolute atomic E-state index is 11.2. The molecule has 4 N–H and O–H groups in total. The summed E-state index contributed by atoms with van der Waals surface area (Å²) < 4.78 is 43.2. The van der Waals surface area contributed by atoms with Crippen molar-refractivity contribution in [3.63, 3.8) is 0 Å². The van der Waals surface area contributed by atoms with Crippen molar-refractivity contribution >= 4 is 65.8 Å². The molecule has 0 saturated carbocycles. The summed E-state index contributed by atoms with van der Waals surface area (Å²) in [5.41, 5.74) is 0. The monoisotopic (exact) mass is 1160 g/mol. The lowest BCUT2D eigenvalue weighted by atomic mass is 10.1. The second kappa shape index (κ2) is 60.7. The molecule has 0 fully saturated rings. The van der Waals surface area contributed by atoms with Gasteiger partial charge in [0.25, 0.3) is 0 Å². The Kier molecular flexibility index (Phi) is 68.3. The zero-order valence-corrected chi connectivity index (χ0v) is 55.4. The first-order chi connectivity index (χ1) is 35.7. The number of ether oxygens (including phenoxy) is 4. The molecule has 0 rings (SSSR count). The van der Waals surface area contributed by atoms with Crippen LogP contribution in [0.5, 0.6) is 0 Å². The second-order valence-electron chi connectivity index (χ2n) is 20.9. The molecule has 0 aromatic heterocycles. The molecule has 76 heavy (non-hydrogen) atoms. The van der Waals surface area contributed by atoms with E-state index in [1.165, 1.54) is 83.1 Å². The number of hydrogen-bond acceptors (Lipinski definition) is 15. The molecule has 0 radical (unpaired) electrons. The number of hydrogen-bond donors (Lipinski definition) is 4. The first-order valence-corrected chi connectivity index (χ1v) is 40.0. The Balaban J connectivity index is -0.000000212. The SMILES string of the molecule is CC(=O)OC(=O)C(CC(=O)O)OCC(O)CO.CCCC.CCCCCCCCCCCC[Si](C)(O[Si](C)(C)C)O[Si](C)(C)C.CCCCOC(=O)CCCCC(=O)OCCCC.CCCCS(=O)CCCC.CCO. The third kappa shape index (κ3) is 78.6. The Morgan fingerprint density at radius 1 is 0.526 bits per heavy atom. The maximum Gasteiger partial charge on any atom is 0.343 e. The summed E-state index contributed by atoms with van der Waals surface area (Å²) in [5.74, 6) is -1.87. The lowest BCUT2D eigenvalue weighted by Crippen LogP contribution is -2.52. The van der Waals surface area contributed by atoms with E-state index >= 15 is 0 Å². The van der Waals surface area contributed by atoms with Gasteiger partial charge in [0.15, 0.2) is 22.7 Å². The molecule has 2 unspecified atom stereocenters. The highest BCUT2D eigenvalue weighted by atomic mass is 32.2. The molecule has 0 aliphatic heterocycles. The van der Waals surface area contributed by atoms with Gasteiger partial charge in [0.1, 0.15) is 6.10 Å². The summed E-state index contributed by atoms with van der Waals surface area (Å²) in [4.78, 5) is 54.6. The normalized spacial score (nSPS) is 11.8. The van der Waals surface area contributed by atoms with Crippen molar-refractivity contribution in [2.75, 3.05) is 44.5 Å². The molecule has 0 aliphatic carbocycles.